The molecule has 0 aliphatic rings. The van der Waals surface area contributed by atoms with Gasteiger partial charge in [-0.2, -0.15) is 0 Å². The smallest absolute Gasteiger partial charge is 0.240 e. The number of hydrogen-bond acceptors (Lipinski definition) is 7. The van der Waals surface area contributed by atoms with Crippen LogP contribution in [0.1, 0.15) is 62.0 Å². The minimum absolute atomic E-state index is 0.224. The lowest BCUT2D eigenvalue weighted by Gasteiger charge is -2.11. The van der Waals surface area contributed by atoms with Gasteiger partial charge in [0.2, 0.25) is 15.8 Å². The van der Waals surface area contributed by atoms with Crippen molar-refractivity contribution in [3.8, 4) is 11.8 Å². The topological polar surface area (TPSA) is 128 Å². The fourth-order valence-corrected chi connectivity index (χ4v) is 5.28. The van der Waals surface area contributed by atoms with Gasteiger partial charge in [0.15, 0.2) is 11.5 Å². The van der Waals surface area contributed by atoms with Crippen LogP contribution in [0.2, 0.25) is 0 Å². The van der Waals surface area contributed by atoms with Crippen LogP contribution >= 0.6 is 0 Å². The molecule has 4 aromatic rings. The van der Waals surface area contributed by atoms with Crippen molar-refractivity contribution in [1.82, 2.24) is 29.6 Å². The second kappa shape index (κ2) is 14.1. The van der Waals surface area contributed by atoms with Crippen molar-refractivity contribution in [2.45, 2.75) is 71.0 Å². The standard InChI is InChI=1S/C32H39N7O2S/c1-23(2)9-18-29-37-31(33)30-32(38-29)39(22-35-30)19-7-5-6-8-25(4)34-20-26-14-16-28(17-15-26)42(40,41)36-21-27-12-10-24(3)11-13-27/h10-17,22-23,34,36H,4-8,19-21H2,1-3H3,(H2,33,37,38). The summed E-state index contributed by atoms with van der Waals surface area (Å²) in [5, 5.41) is 3.35. The first-order chi connectivity index (χ1) is 20.1. The van der Waals surface area contributed by atoms with Crippen molar-refractivity contribution < 1.29 is 8.42 Å². The lowest BCUT2D eigenvalue weighted by molar-refractivity contribution is 0.581. The third kappa shape index (κ3) is 8.65. The molecule has 9 nitrogen and oxygen atoms in total. The zero-order valence-corrected chi connectivity index (χ0v) is 25.3. The highest BCUT2D eigenvalue weighted by molar-refractivity contribution is 7.89. The molecule has 0 aliphatic heterocycles. The largest absolute Gasteiger partial charge is 0.385 e. The van der Waals surface area contributed by atoms with Gasteiger partial charge in [-0.3, -0.25) is 0 Å². The van der Waals surface area contributed by atoms with E-state index in [2.05, 4.69) is 43.4 Å². The Hall–Kier alpha value is -4.20. The first kappa shape index (κ1) is 30.8. The molecule has 10 heteroatoms. The van der Waals surface area contributed by atoms with Crippen molar-refractivity contribution >= 4 is 27.0 Å². The van der Waals surface area contributed by atoms with E-state index in [1.165, 1.54) is 0 Å². The molecule has 2 heterocycles. The van der Waals surface area contributed by atoms with E-state index < -0.39 is 10.0 Å². The summed E-state index contributed by atoms with van der Waals surface area (Å²) in [4.78, 5) is 13.5. The molecule has 0 saturated carbocycles. The number of nitrogens with two attached hydrogens (primary N) is 1. The average Bonchev–Trinajstić information content (AvgIpc) is 3.38. The number of sulfonamides is 1. The Morgan fingerprint density at radius 3 is 2.40 bits per heavy atom. The number of allylic oxidation sites excluding steroid dienone is 1. The van der Waals surface area contributed by atoms with E-state index in [9.17, 15) is 8.42 Å². The number of hydrogen-bond donors (Lipinski definition) is 3. The first-order valence-electron chi connectivity index (χ1n) is 14.2. The number of aryl methyl sites for hydroxylation is 2. The Labute approximate surface area is 248 Å². The molecule has 0 bridgehead atoms. The molecule has 0 fully saturated rings. The predicted octanol–water partition coefficient (Wildman–Crippen LogP) is 5.07. The molecule has 0 spiro atoms. The van der Waals surface area contributed by atoms with Crippen LogP contribution in [0.4, 0.5) is 5.82 Å². The first-order valence-corrected chi connectivity index (χ1v) is 15.6. The summed E-state index contributed by atoms with van der Waals surface area (Å²) in [5.41, 5.74) is 11.4. The number of nitrogen functional groups attached to an aromatic ring is 1. The van der Waals surface area contributed by atoms with E-state index in [1.807, 2.05) is 61.7 Å². The van der Waals surface area contributed by atoms with Crippen LogP contribution in [-0.2, 0) is 29.7 Å². The fraction of sp³-hybridized carbons (Fsp3) is 0.344. The molecule has 42 heavy (non-hydrogen) atoms. The molecule has 0 radical (unpaired) electrons. The van der Waals surface area contributed by atoms with Gasteiger partial charge < -0.3 is 15.6 Å². The third-order valence-electron chi connectivity index (χ3n) is 6.70. The van der Waals surface area contributed by atoms with Gasteiger partial charge in [-0.05, 0) is 55.4 Å². The lowest BCUT2D eigenvalue weighted by atomic mass is 10.1. The van der Waals surface area contributed by atoms with Crippen LogP contribution in [0.5, 0.6) is 0 Å². The number of rotatable bonds is 13. The van der Waals surface area contributed by atoms with E-state index in [0.717, 1.165) is 54.6 Å². The summed E-state index contributed by atoms with van der Waals surface area (Å²) in [6.45, 7) is 11.8. The number of benzene rings is 2. The normalized spacial score (nSPS) is 11.4. The molecule has 4 rings (SSSR count). The molecule has 2 aromatic carbocycles. The Kier molecular flexibility index (Phi) is 10.3. The zero-order chi connectivity index (χ0) is 30.1. The van der Waals surface area contributed by atoms with Gasteiger partial charge in [0, 0.05) is 31.2 Å². The van der Waals surface area contributed by atoms with Crippen molar-refractivity contribution in [1.29, 1.82) is 0 Å². The molecule has 4 N–H and O–H groups in total. The summed E-state index contributed by atoms with van der Waals surface area (Å²) in [6.07, 6.45) is 5.58. The second-order valence-corrected chi connectivity index (χ2v) is 12.5. The Bertz CT molecular complexity index is 1680. The average molecular weight is 586 g/mol. The molecular formula is C32H39N7O2S. The van der Waals surface area contributed by atoms with E-state index in [1.54, 1.807) is 18.5 Å². The summed E-state index contributed by atoms with van der Waals surface area (Å²) in [6, 6.07) is 14.7. The predicted molar refractivity (Wildman–Crippen MR) is 168 cm³/mol. The van der Waals surface area contributed by atoms with E-state index >= 15 is 0 Å². The molecular weight excluding hydrogens is 546 g/mol. The monoisotopic (exact) mass is 585 g/mol. The lowest BCUT2D eigenvalue weighted by Crippen LogP contribution is -2.23. The second-order valence-electron chi connectivity index (χ2n) is 10.7. The molecule has 0 saturated heterocycles. The fourth-order valence-electron chi connectivity index (χ4n) is 4.26. The minimum atomic E-state index is -3.59. The number of anilines is 1. The van der Waals surface area contributed by atoms with Crippen LogP contribution in [0, 0.1) is 24.7 Å². The third-order valence-corrected chi connectivity index (χ3v) is 8.12. The van der Waals surface area contributed by atoms with Crippen molar-refractivity contribution in [3.05, 3.63) is 89.6 Å². The highest BCUT2D eigenvalue weighted by Crippen LogP contribution is 2.18. The van der Waals surface area contributed by atoms with Crippen molar-refractivity contribution in [2.75, 3.05) is 5.73 Å². The van der Waals surface area contributed by atoms with E-state index in [4.69, 9.17) is 5.73 Å². The molecule has 0 aliphatic carbocycles. The van der Waals surface area contributed by atoms with E-state index in [0.29, 0.717) is 29.4 Å². The number of fused-ring (bicyclic) bond motifs is 1. The Morgan fingerprint density at radius 1 is 1.00 bits per heavy atom. The summed E-state index contributed by atoms with van der Waals surface area (Å²) in [7, 11) is -3.59. The zero-order valence-electron chi connectivity index (χ0n) is 24.5. The summed E-state index contributed by atoms with van der Waals surface area (Å²) >= 11 is 0. The maximum atomic E-state index is 12.7. The molecule has 220 valence electrons. The molecule has 0 unspecified atom stereocenters. The van der Waals surface area contributed by atoms with Crippen LogP contribution in [0.15, 0.2) is 72.0 Å². The molecule has 0 amide bonds. The van der Waals surface area contributed by atoms with Crippen molar-refractivity contribution in [3.63, 3.8) is 0 Å². The maximum absolute atomic E-state index is 12.7. The Morgan fingerprint density at radius 2 is 1.69 bits per heavy atom. The van der Waals surface area contributed by atoms with Crippen LogP contribution in [0.3, 0.4) is 0 Å². The maximum Gasteiger partial charge on any atom is 0.240 e. The van der Waals surface area contributed by atoms with Gasteiger partial charge in [-0.25, -0.2) is 28.1 Å². The van der Waals surface area contributed by atoms with Crippen molar-refractivity contribution in [2.24, 2.45) is 5.92 Å². The van der Waals surface area contributed by atoms with Gasteiger partial charge in [-0.1, -0.05) is 74.7 Å². The number of nitrogens with one attached hydrogen (secondary N) is 2. The number of imidazole rings is 1. The number of nitrogens with zero attached hydrogens (tertiary/aromatic N) is 4. The highest BCUT2D eigenvalue weighted by atomic mass is 32.2. The van der Waals surface area contributed by atoms with Gasteiger partial charge in [0.1, 0.15) is 5.52 Å². The quantitative estimate of drug-likeness (QED) is 0.148. The minimum Gasteiger partial charge on any atom is -0.385 e. The van der Waals surface area contributed by atoms with Gasteiger partial charge in [-0.15, -0.1) is 0 Å². The number of unbranched alkanes of at least 4 members (excludes halogenated alkanes) is 2. The van der Waals surface area contributed by atoms with Crippen LogP contribution in [-0.4, -0.2) is 27.9 Å². The number of aromatic nitrogens is 4. The summed E-state index contributed by atoms with van der Waals surface area (Å²) < 4.78 is 30.0. The van der Waals surface area contributed by atoms with E-state index in [-0.39, 0.29) is 17.4 Å². The molecule has 0 atom stereocenters. The van der Waals surface area contributed by atoms with Crippen LogP contribution in [0.25, 0.3) is 11.2 Å². The van der Waals surface area contributed by atoms with Gasteiger partial charge >= 0.3 is 0 Å². The Balaban J connectivity index is 1.18. The summed E-state index contributed by atoms with van der Waals surface area (Å²) in [5.74, 6) is 7.05. The van der Waals surface area contributed by atoms with Gasteiger partial charge in [0.25, 0.3) is 0 Å². The highest BCUT2D eigenvalue weighted by Gasteiger charge is 2.14. The molecule has 2 aromatic heterocycles. The van der Waals surface area contributed by atoms with Gasteiger partial charge in [0.05, 0.1) is 11.2 Å². The van der Waals surface area contributed by atoms with Crippen LogP contribution < -0.4 is 15.8 Å². The SMILES string of the molecule is C=C(CCCCCn1cnc2c(N)nc(C#CC(C)C)nc21)NCc1ccc(S(=O)(=O)NCc2ccc(C)cc2)cc1.